The first-order chi connectivity index (χ1) is 18.1. The molecule has 208 valence electrons. The van der Waals surface area contributed by atoms with E-state index >= 15 is 0 Å². The third-order valence-electron chi connectivity index (χ3n) is 6.70. The zero-order chi connectivity index (χ0) is 27.7. The molecule has 1 saturated carbocycles. The summed E-state index contributed by atoms with van der Waals surface area (Å²) in [6, 6.07) is 13.5. The molecule has 10 heteroatoms. The topological polar surface area (TPSA) is 96.0 Å². The first-order valence-corrected chi connectivity index (χ1v) is 15.4. The minimum absolute atomic E-state index is 0.0880. The predicted molar refractivity (Wildman–Crippen MR) is 151 cm³/mol. The molecular weight excluding hydrogens is 526 g/mol. The van der Waals surface area contributed by atoms with E-state index in [2.05, 4.69) is 5.32 Å². The highest BCUT2D eigenvalue weighted by Crippen LogP contribution is 2.23. The zero-order valence-electron chi connectivity index (χ0n) is 22.4. The van der Waals surface area contributed by atoms with Crippen molar-refractivity contribution in [1.29, 1.82) is 0 Å². The Kier molecular flexibility index (Phi) is 10.8. The van der Waals surface area contributed by atoms with Crippen LogP contribution in [-0.2, 0) is 26.2 Å². The summed E-state index contributed by atoms with van der Waals surface area (Å²) >= 11 is 6.16. The molecular formula is C28H38ClN3O5S. The summed E-state index contributed by atoms with van der Waals surface area (Å²) < 4.78 is 31.8. The Bertz CT molecular complexity index is 1180. The Balaban J connectivity index is 1.70. The third-order valence-corrected chi connectivity index (χ3v) is 8.13. The Morgan fingerprint density at radius 1 is 1.13 bits per heavy atom. The van der Waals surface area contributed by atoms with Gasteiger partial charge in [-0.15, -0.1) is 0 Å². The largest absolute Gasteiger partial charge is 0.494 e. The summed E-state index contributed by atoms with van der Waals surface area (Å²) in [5.74, 6) is 0.250. The van der Waals surface area contributed by atoms with Crippen LogP contribution < -0.4 is 14.4 Å². The molecule has 0 spiro atoms. The van der Waals surface area contributed by atoms with Crippen LogP contribution in [0.3, 0.4) is 0 Å². The number of nitrogens with zero attached hydrogens (tertiary/aromatic N) is 2. The van der Waals surface area contributed by atoms with Gasteiger partial charge in [-0.25, -0.2) is 8.42 Å². The van der Waals surface area contributed by atoms with Gasteiger partial charge in [0.05, 0.1) is 18.6 Å². The first kappa shape index (κ1) is 29.8. The fraction of sp³-hybridized carbons (Fsp3) is 0.500. The number of hydrogen-bond donors (Lipinski definition) is 1. The molecule has 0 aromatic heterocycles. The average Bonchev–Trinajstić information content (AvgIpc) is 3.38. The summed E-state index contributed by atoms with van der Waals surface area (Å²) in [5.41, 5.74) is 1.32. The minimum atomic E-state index is -3.57. The number of anilines is 1. The second-order valence-electron chi connectivity index (χ2n) is 9.68. The maximum atomic E-state index is 13.4. The standard InChI is InChI=1S/C28H38ClN3O5S/c1-4-37-26-16-14-25(15-17-26)32(38(3,35)36)18-8-13-27(33)31(20-22-9-7-10-23(29)19-22)21(2)28(34)30-24-11-5-6-12-24/h7,9-10,14-17,19,21,24H,4-6,8,11-13,18,20H2,1-3H3,(H,30,34)/t21-/m0/s1. The Labute approximate surface area is 231 Å². The monoisotopic (exact) mass is 563 g/mol. The number of carbonyl (C=O) groups is 2. The molecule has 0 radical (unpaired) electrons. The van der Waals surface area contributed by atoms with Gasteiger partial charge in [-0.05, 0) is 75.1 Å². The fourth-order valence-electron chi connectivity index (χ4n) is 4.69. The number of amides is 2. The second kappa shape index (κ2) is 13.8. The highest BCUT2D eigenvalue weighted by atomic mass is 35.5. The number of halogens is 1. The van der Waals surface area contributed by atoms with E-state index in [1.807, 2.05) is 19.1 Å². The van der Waals surface area contributed by atoms with Gasteiger partial charge < -0.3 is 15.0 Å². The van der Waals surface area contributed by atoms with E-state index in [0.717, 1.165) is 37.5 Å². The average molecular weight is 564 g/mol. The predicted octanol–water partition coefficient (Wildman–Crippen LogP) is 4.76. The van der Waals surface area contributed by atoms with Crippen molar-refractivity contribution in [2.24, 2.45) is 0 Å². The number of carbonyl (C=O) groups excluding carboxylic acids is 2. The van der Waals surface area contributed by atoms with Crippen LogP contribution in [0.1, 0.15) is 57.9 Å². The number of hydrogen-bond acceptors (Lipinski definition) is 5. The molecule has 1 atom stereocenters. The van der Waals surface area contributed by atoms with Crippen molar-refractivity contribution in [3.63, 3.8) is 0 Å². The van der Waals surface area contributed by atoms with E-state index < -0.39 is 16.1 Å². The highest BCUT2D eigenvalue weighted by molar-refractivity contribution is 7.92. The van der Waals surface area contributed by atoms with Crippen LogP contribution in [0.15, 0.2) is 48.5 Å². The zero-order valence-corrected chi connectivity index (χ0v) is 23.9. The van der Waals surface area contributed by atoms with E-state index in [1.54, 1.807) is 48.2 Å². The maximum Gasteiger partial charge on any atom is 0.242 e. The normalized spacial score (nSPS) is 14.6. The molecule has 0 heterocycles. The first-order valence-electron chi connectivity index (χ1n) is 13.1. The quantitative estimate of drug-likeness (QED) is 0.379. The summed E-state index contributed by atoms with van der Waals surface area (Å²) in [5, 5.41) is 3.64. The molecule has 1 aliphatic carbocycles. The molecule has 2 aromatic carbocycles. The van der Waals surface area contributed by atoms with Gasteiger partial charge >= 0.3 is 0 Å². The third kappa shape index (κ3) is 8.63. The lowest BCUT2D eigenvalue weighted by atomic mass is 10.1. The molecule has 38 heavy (non-hydrogen) atoms. The summed E-state index contributed by atoms with van der Waals surface area (Å²) in [4.78, 5) is 28.0. The van der Waals surface area contributed by atoms with Crippen molar-refractivity contribution in [1.82, 2.24) is 10.2 Å². The molecule has 1 N–H and O–H groups in total. The van der Waals surface area contributed by atoms with Gasteiger partial charge in [0.1, 0.15) is 11.8 Å². The van der Waals surface area contributed by atoms with Crippen LogP contribution in [0.4, 0.5) is 5.69 Å². The highest BCUT2D eigenvalue weighted by Gasteiger charge is 2.28. The fourth-order valence-corrected chi connectivity index (χ4v) is 5.86. The number of ether oxygens (including phenoxy) is 1. The van der Waals surface area contributed by atoms with E-state index in [4.69, 9.17) is 16.3 Å². The molecule has 8 nitrogen and oxygen atoms in total. The molecule has 2 amide bonds. The summed E-state index contributed by atoms with van der Waals surface area (Å²) in [6.07, 6.45) is 5.62. The van der Waals surface area contributed by atoms with E-state index in [1.165, 1.54) is 4.31 Å². The number of rotatable bonds is 13. The summed E-state index contributed by atoms with van der Waals surface area (Å²) in [6.45, 7) is 4.48. The molecule has 0 unspecified atom stereocenters. The second-order valence-corrected chi connectivity index (χ2v) is 12.0. The van der Waals surface area contributed by atoms with Crippen LogP contribution in [-0.4, -0.2) is 56.6 Å². The van der Waals surface area contributed by atoms with E-state index in [0.29, 0.717) is 29.5 Å². The molecule has 2 aromatic rings. The Hall–Kier alpha value is -2.78. The van der Waals surface area contributed by atoms with Crippen molar-refractivity contribution >= 4 is 39.1 Å². The lowest BCUT2D eigenvalue weighted by molar-refractivity contribution is -0.141. The summed E-state index contributed by atoms with van der Waals surface area (Å²) in [7, 11) is -3.57. The van der Waals surface area contributed by atoms with Crippen molar-refractivity contribution in [2.75, 3.05) is 23.7 Å². The maximum absolute atomic E-state index is 13.4. The van der Waals surface area contributed by atoms with E-state index in [9.17, 15) is 18.0 Å². The van der Waals surface area contributed by atoms with Crippen molar-refractivity contribution < 1.29 is 22.7 Å². The van der Waals surface area contributed by atoms with Crippen LogP contribution >= 0.6 is 11.6 Å². The number of benzene rings is 2. The van der Waals surface area contributed by atoms with Crippen molar-refractivity contribution in [3.8, 4) is 5.75 Å². The molecule has 1 fully saturated rings. The van der Waals surface area contributed by atoms with Gasteiger partial charge in [0.15, 0.2) is 0 Å². The molecule has 3 rings (SSSR count). The lowest BCUT2D eigenvalue weighted by Crippen LogP contribution is -2.49. The van der Waals surface area contributed by atoms with Gasteiger partial charge in [-0.3, -0.25) is 13.9 Å². The number of sulfonamides is 1. The Morgan fingerprint density at radius 2 is 1.82 bits per heavy atom. The van der Waals surface area contributed by atoms with E-state index in [-0.39, 0.29) is 37.4 Å². The molecule has 0 bridgehead atoms. The molecule has 0 saturated heterocycles. The number of nitrogens with one attached hydrogen (secondary N) is 1. The van der Waals surface area contributed by atoms with Gasteiger partial charge in [0.2, 0.25) is 21.8 Å². The van der Waals surface area contributed by atoms with Crippen LogP contribution in [0.5, 0.6) is 5.75 Å². The van der Waals surface area contributed by atoms with Gasteiger partial charge in [-0.2, -0.15) is 0 Å². The van der Waals surface area contributed by atoms with Crippen molar-refractivity contribution in [3.05, 3.63) is 59.1 Å². The van der Waals surface area contributed by atoms with Crippen LogP contribution in [0.25, 0.3) is 0 Å². The Morgan fingerprint density at radius 3 is 2.42 bits per heavy atom. The van der Waals surface area contributed by atoms with Crippen molar-refractivity contribution in [2.45, 2.75) is 71.0 Å². The SMILES string of the molecule is CCOc1ccc(N(CCCC(=O)N(Cc2cccc(Cl)c2)[C@@H](C)C(=O)NC2CCCC2)S(C)(=O)=O)cc1. The molecule has 0 aliphatic heterocycles. The van der Waals surface area contributed by atoms with Crippen LogP contribution in [0, 0.1) is 0 Å². The minimum Gasteiger partial charge on any atom is -0.494 e. The molecule has 1 aliphatic rings. The smallest absolute Gasteiger partial charge is 0.242 e. The van der Waals surface area contributed by atoms with Gasteiger partial charge in [0.25, 0.3) is 0 Å². The lowest BCUT2D eigenvalue weighted by Gasteiger charge is -2.30. The van der Waals surface area contributed by atoms with Crippen LogP contribution in [0.2, 0.25) is 5.02 Å². The van der Waals surface area contributed by atoms with Gasteiger partial charge in [0, 0.05) is 30.6 Å². The van der Waals surface area contributed by atoms with Gasteiger partial charge in [-0.1, -0.05) is 36.6 Å².